The van der Waals surface area contributed by atoms with Crippen molar-refractivity contribution in [2.75, 3.05) is 7.05 Å². The third-order valence-corrected chi connectivity index (χ3v) is 5.54. The Kier molecular flexibility index (Phi) is 4.78. The zero-order chi connectivity index (χ0) is 16.4. The number of aryl methyl sites for hydroxylation is 1. The summed E-state index contributed by atoms with van der Waals surface area (Å²) >= 11 is 1.43. The number of likely N-dealkylation sites (N-methyl/N-ethyl adjacent to an activating group) is 1. The molecule has 1 saturated carbocycles. The van der Waals surface area contributed by atoms with Gasteiger partial charge in [0.1, 0.15) is 5.01 Å². The standard InChI is InChI=1S/C18H22N2O2S/c1-12-6-8-13(9-7-12)14-4-3-5-16(14)20(2)10-17-19-15(11-23-17)18(21)22/h6-9,11,14,16H,3-5,10H2,1-2H3,(H,21,22). The van der Waals surface area contributed by atoms with Gasteiger partial charge in [0.25, 0.3) is 0 Å². The van der Waals surface area contributed by atoms with Gasteiger partial charge in [0.15, 0.2) is 5.69 Å². The first-order valence-corrected chi connectivity index (χ1v) is 8.87. The average molecular weight is 330 g/mol. The molecule has 0 aliphatic heterocycles. The highest BCUT2D eigenvalue weighted by atomic mass is 32.1. The number of rotatable bonds is 5. The van der Waals surface area contributed by atoms with Crippen molar-refractivity contribution in [1.29, 1.82) is 0 Å². The first-order valence-electron chi connectivity index (χ1n) is 7.99. The number of thiazole rings is 1. The molecule has 1 aliphatic rings. The van der Waals surface area contributed by atoms with Crippen LogP contribution in [-0.4, -0.2) is 34.0 Å². The molecule has 0 radical (unpaired) electrons. The summed E-state index contributed by atoms with van der Waals surface area (Å²) in [5.41, 5.74) is 2.86. The van der Waals surface area contributed by atoms with E-state index in [2.05, 4.69) is 48.1 Å². The Labute approximate surface area is 140 Å². The van der Waals surface area contributed by atoms with Crippen molar-refractivity contribution in [3.63, 3.8) is 0 Å². The Bertz CT molecular complexity index is 681. The second-order valence-corrected chi connectivity index (χ2v) is 7.30. The van der Waals surface area contributed by atoms with Crippen molar-refractivity contribution in [1.82, 2.24) is 9.88 Å². The molecular weight excluding hydrogens is 308 g/mol. The Morgan fingerprint density at radius 2 is 2.09 bits per heavy atom. The zero-order valence-corrected chi connectivity index (χ0v) is 14.3. The van der Waals surface area contributed by atoms with Gasteiger partial charge in [0.05, 0.1) is 6.54 Å². The fourth-order valence-corrected chi connectivity index (χ4v) is 4.31. The Balaban J connectivity index is 1.71. The fraction of sp³-hybridized carbons (Fsp3) is 0.444. The van der Waals surface area contributed by atoms with E-state index in [1.54, 1.807) is 5.38 Å². The molecule has 1 heterocycles. The third-order valence-electron chi connectivity index (χ3n) is 4.71. The Hall–Kier alpha value is -1.72. The number of hydrogen-bond donors (Lipinski definition) is 1. The molecule has 2 atom stereocenters. The lowest BCUT2D eigenvalue weighted by Crippen LogP contribution is -2.33. The largest absolute Gasteiger partial charge is 0.476 e. The van der Waals surface area contributed by atoms with Crippen LogP contribution in [0.1, 0.15) is 51.8 Å². The number of aromatic carboxylic acids is 1. The number of nitrogens with zero attached hydrogens (tertiary/aromatic N) is 2. The Morgan fingerprint density at radius 1 is 1.35 bits per heavy atom. The topological polar surface area (TPSA) is 53.4 Å². The van der Waals surface area contributed by atoms with Crippen LogP contribution in [0.5, 0.6) is 0 Å². The summed E-state index contributed by atoms with van der Waals surface area (Å²) < 4.78 is 0. The zero-order valence-electron chi connectivity index (χ0n) is 13.5. The molecule has 2 aromatic rings. The minimum Gasteiger partial charge on any atom is -0.476 e. The molecule has 1 fully saturated rings. The second kappa shape index (κ2) is 6.81. The van der Waals surface area contributed by atoms with Gasteiger partial charge in [-0.2, -0.15) is 0 Å². The van der Waals surface area contributed by atoms with Crippen LogP contribution in [0.2, 0.25) is 0 Å². The maximum atomic E-state index is 11.0. The molecule has 1 aromatic heterocycles. The molecule has 4 nitrogen and oxygen atoms in total. The van der Waals surface area contributed by atoms with Crippen LogP contribution in [0.25, 0.3) is 0 Å². The molecule has 0 saturated heterocycles. The molecule has 0 amide bonds. The van der Waals surface area contributed by atoms with E-state index in [9.17, 15) is 4.79 Å². The Morgan fingerprint density at radius 3 is 2.74 bits per heavy atom. The first kappa shape index (κ1) is 16.1. The highest BCUT2D eigenvalue weighted by molar-refractivity contribution is 7.09. The summed E-state index contributed by atoms with van der Waals surface area (Å²) in [5, 5.41) is 11.5. The van der Waals surface area contributed by atoms with Gasteiger partial charge in [-0.15, -0.1) is 11.3 Å². The first-order chi connectivity index (χ1) is 11.0. The van der Waals surface area contributed by atoms with Gasteiger partial charge in [0.2, 0.25) is 0 Å². The van der Waals surface area contributed by atoms with Gasteiger partial charge >= 0.3 is 5.97 Å². The molecule has 2 unspecified atom stereocenters. The maximum absolute atomic E-state index is 11.0. The van der Waals surface area contributed by atoms with Crippen molar-refractivity contribution >= 4 is 17.3 Å². The van der Waals surface area contributed by atoms with E-state index < -0.39 is 5.97 Å². The van der Waals surface area contributed by atoms with Crippen molar-refractivity contribution in [2.45, 2.75) is 44.7 Å². The average Bonchev–Trinajstić information content (AvgIpc) is 3.16. The summed E-state index contributed by atoms with van der Waals surface area (Å²) in [6.07, 6.45) is 3.65. The highest BCUT2D eigenvalue weighted by Gasteiger charge is 2.31. The SMILES string of the molecule is Cc1ccc(C2CCCC2N(C)Cc2nc(C(=O)O)cs2)cc1. The summed E-state index contributed by atoms with van der Waals surface area (Å²) in [6, 6.07) is 9.36. The van der Waals surface area contributed by atoms with Crippen LogP contribution < -0.4 is 0 Å². The van der Waals surface area contributed by atoms with Gasteiger partial charge in [-0.1, -0.05) is 36.2 Å². The van der Waals surface area contributed by atoms with E-state index in [1.807, 2.05) is 0 Å². The molecule has 0 spiro atoms. The molecular formula is C18H22N2O2S. The normalized spacial score (nSPS) is 21.0. The molecule has 5 heteroatoms. The van der Waals surface area contributed by atoms with Crippen LogP contribution in [0.15, 0.2) is 29.6 Å². The number of aromatic nitrogens is 1. The van der Waals surface area contributed by atoms with E-state index in [1.165, 1.54) is 41.7 Å². The minimum atomic E-state index is -0.950. The summed E-state index contributed by atoms with van der Waals surface area (Å²) in [4.78, 5) is 17.5. The van der Waals surface area contributed by atoms with E-state index in [4.69, 9.17) is 5.11 Å². The predicted octanol–water partition coefficient (Wildman–Crippen LogP) is 3.92. The van der Waals surface area contributed by atoms with E-state index >= 15 is 0 Å². The molecule has 3 rings (SSSR count). The fourth-order valence-electron chi connectivity index (χ4n) is 3.48. The molecule has 122 valence electrons. The van der Waals surface area contributed by atoms with E-state index in [-0.39, 0.29) is 5.69 Å². The van der Waals surface area contributed by atoms with Crippen LogP contribution in [-0.2, 0) is 6.54 Å². The molecule has 1 aromatic carbocycles. The van der Waals surface area contributed by atoms with Crippen LogP contribution in [0, 0.1) is 6.92 Å². The third kappa shape index (κ3) is 3.62. The predicted molar refractivity (Wildman–Crippen MR) is 92.1 cm³/mol. The lowest BCUT2D eigenvalue weighted by atomic mass is 9.92. The van der Waals surface area contributed by atoms with E-state index in [0.717, 1.165) is 5.01 Å². The summed E-state index contributed by atoms with van der Waals surface area (Å²) in [7, 11) is 2.12. The van der Waals surface area contributed by atoms with Crippen LogP contribution >= 0.6 is 11.3 Å². The van der Waals surface area contributed by atoms with Crippen LogP contribution in [0.3, 0.4) is 0 Å². The summed E-state index contributed by atoms with van der Waals surface area (Å²) in [5.74, 6) is -0.395. The van der Waals surface area contributed by atoms with Crippen molar-refractivity contribution in [3.8, 4) is 0 Å². The number of carbonyl (C=O) groups is 1. The minimum absolute atomic E-state index is 0.153. The van der Waals surface area contributed by atoms with Gasteiger partial charge < -0.3 is 5.11 Å². The number of benzene rings is 1. The van der Waals surface area contributed by atoms with Crippen LogP contribution in [0.4, 0.5) is 0 Å². The van der Waals surface area contributed by atoms with Gasteiger partial charge in [0, 0.05) is 11.4 Å². The van der Waals surface area contributed by atoms with Gasteiger partial charge in [-0.25, -0.2) is 9.78 Å². The number of carboxylic acids is 1. The van der Waals surface area contributed by atoms with Gasteiger partial charge in [-0.05, 0) is 38.3 Å². The molecule has 1 N–H and O–H groups in total. The van der Waals surface area contributed by atoms with Crippen molar-refractivity contribution in [2.24, 2.45) is 0 Å². The second-order valence-electron chi connectivity index (χ2n) is 6.36. The summed E-state index contributed by atoms with van der Waals surface area (Å²) in [6.45, 7) is 2.83. The lowest BCUT2D eigenvalue weighted by Gasteiger charge is -2.29. The monoisotopic (exact) mass is 330 g/mol. The number of carboxylic acid groups (broad SMARTS) is 1. The van der Waals surface area contributed by atoms with Gasteiger partial charge in [-0.3, -0.25) is 4.90 Å². The number of hydrogen-bond acceptors (Lipinski definition) is 4. The highest BCUT2D eigenvalue weighted by Crippen LogP contribution is 2.38. The smallest absolute Gasteiger partial charge is 0.355 e. The van der Waals surface area contributed by atoms with Crippen molar-refractivity contribution in [3.05, 3.63) is 51.5 Å². The lowest BCUT2D eigenvalue weighted by molar-refractivity contribution is 0.0691. The maximum Gasteiger partial charge on any atom is 0.355 e. The van der Waals surface area contributed by atoms with Crippen molar-refractivity contribution < 1.29 is 9.90 Å². The molecule has 1 aliphatic carbocycles. The van der Waals surface area contributed by atoms with E-state index in [0.29, 0.717) is 18.5 Å². The molecule has 23 heavy (non-hydrogen) atoms. The quantitative estimate of drug-likeness (QED) is 0.903. The molecule has 0 bridgehead atoms.